The Morgan fingerprint density at radius 2 is 1.67 bits per heavy atom. The molecule has 4 heteroatoms. The van der Waals surface area contributed by atoms with Crippen LogP contribution in [0, 0.1) is 0 Å². The second-order valence-electron chi connectivity index (χ2n) is 5.60. The summed E-state index contributed by atoms with van der Waals surface area (Å²) < 4.78 is 5.26. The summed E-state index contributed by atoms with van der Waals surface area (Å²) in [5.41, 5.74) is 7.75. The predicted octanol–water partition coefficient (Wildman–Crippen LogP) is 3.77. The largest absolute Gasteiger partial charge is 0.445 e. The van der Waals surface area contributed by atoms with E-state index in [-0.39, 0.29) is 12.6 Å². The lowest BCUT2D eigenvalue weighted by molar-refractivity contribution is 0.136. The molecule has 3 rings (SSSR count). The zero-order valence-electron chi connectivity index (χ0n) is 13.3. The molecule has 0 bridgehead atoms. The number of rotatable bonds is 5. The van der Waals surface area contributed by atoms with Crippen molar-refractivity contribution in [2.75, 3.05) is 6.54 Å². The number of alkyl carbamates (subject to hydrolysis) is 1. The number of amides is 1. The summed E-state index contributed by atoms with van der Waals surface area (Å²) in [5.74, 6) is 0. The Morgan fingerprint density at radius 1 is 0.958 bits per heavy atom. The lowest BCUT2D eigenvalue weighted by atomic mass is 10.0. The van der Waals surface area contributed by atoms with Gasteiger partial charge >= 0.3 is 6.09 Å². The predicted molar refractivity (Wildman–Crippen MR) is 95.5 cm³/mol. The molecule has 24 heavy (non-hydrogen) atoms. The molecule has 0 radical (unpaired) electrons. The van der Waals surface area contributed by atoms with E-state index in [0.717, 1.165) is 21.9 Å². The first-order chi connectivity index (χ1) is 11.8. The second kappa shape index (κ2) is 7.62. The van der Waals surface area contributed by atoms with Crippen molar-refractivity contribution < 1.29 is 9.53 Å². The van der Waals surface area contributed by atoms with Gasteiger partial charge in [0.05, 0.1) is 6.04 Å². The lowest BCUT2D eigenvalue weighted by Crippen LogP contribution is -2.33. The van der Waals surface area contributed by atoms with E-state index in [2.05, 4.69) is 11.4 Å². The summed E-state index contributed by atoms with van der Waals surface area (Å²) in [6.45, 7) is 0.542. The standard InChI is InChI=1S/C20H20N2O2/c21-13-19(18-11-10-16-8-4-5-9-17(16)12-18)22-20(23)24-14-15-6-2-1-3-7-15/h1-12,19H,13-14,21H2,(H,22,23). The molecule has 3 aromatic rings. The molecule has 122 valence electrons. The number of hydrogen-bond acceptors (Lipinski definition) is 3. The van der Waals surface area contributed by atoms with Crippen molar-refractivity contribution in [1.82, 2.24) is 5.32 Å². The second-order valence-corrected chi connectivity index (χ2v) is 5.60. The molecule has 0 saturated carbocycles. The molecule has 3 N–H and O–H groups in total. The zero-order valence-corrected chi connectivity index (χ0v) is 13.3. The molecule has 4 nitrogen and oxygen atoms in total. The van der Waals surface area contributed by atoms with Gasteiger partial charge < -0.3 is 15.8 Å². The van der Waals surface area contributed by atoms with Gasteiger partial charge in [0.15, 0.2) is 0 Å². The van der Waals surface area contributed by atoms with Gasteiger partial charge in [0.1, 0.15) is 6.61 Å². The van der Waals surface area contributed by atoms with Crippen LogP contribution in [0.5, 0.6) is 0 Å². The van der Waals surface area contributed by atoms with Crippen LogP contribution in [-0.2, 0) is 11.3 Å². The first-order valence-electron chi connectivity index (χ1n) is 7.92. The van der Waals surface area contributed by atoms with E-state index in [9.17, 15) is 4.79 Å². The molecular formula is C20H20N2O2. The smallest absolute Gasteiger partial charge is 0.407 e. The van der Waals surface area contributed by atoms with Gasteiger partial charge in [0, 0.05) is 6.54 Å². The molecular weight excluding hydrogens is 300 g/mol. The summed E-state index contributed by atoms with van der Waals surface area (Å²) in [5, 5.41) is 5.11. The van der Waals surface area contributed by atoms with E-state index in [1.165, 1.54) is 0 Å². The van der Waals surface area contributed by atoms with Crippen LogP contribution in [0.1, 0.15) is 17.2 Å². The zero-order chi connectivity index (χ0) is 16.8. The van der Waals surface area contributed by atoms with Gasteiger partial charge in [-0.2, -0.15) is 0 Å². The van der Waals surface area contributed by atoms with Crippen molar-refractivity contribution in [1.29, 1.82) is 0 Å². The van der Waals surface area contributed by atoms with Crippen molar-refractivity contribution in [3.05, 3.63) is 83.9 Å². The lowest BCUT2D eigenvalue weighted by Gasteiger charge is -2.18. The third-order valence-corrected chi connectivity index (χ3v) is 3.92. The van der Waals surface area contributed by atoms with Crippen LogP contribution in [0.2, 0.25) is 0 Å². The Balaban J connectivity index is 1.65. The minimum absolute atomic E-state index is 0.238. The maximum Gasteiger partial charge on any atom is 0.407 e. The summed E-state index contributed by atoms with van der Waals surface area (Å²) >= 11 is 0. The van der Waals surface area contributed by atoms with Crippen molar-refractivity contribution in [3.63, 3.8) is 0 Å². The molecule has 0 aliphatic rings. The fourth-order valence-electron chi connectivity index (χ4n) is 2.61. The Hall–Kier alpha value is -2.85. The monoisotopic (exact) mass is 320 g/mol. The third-order valence-electron chi connectivity index (χ3n) is 3.92. The summed E-state index contributed by atoms with van der Waals surface area (Å²) in [6.07, 6.45) is -0.470. The van der Waals surface area contributed by atoms with Crippen molar-refractivity contribution in [2.24, 2.45) is 5.73 Å². The quantitative estimate of drug-likeness (QED) is 0.752. The van der Waals surface area contributed by atoms with Gasteiger partial charge in [0.25, 0.3) is 0 Å². The Bertz CT molecular complexity index is 818. The highest BCUT2D eigenvalue weighted by Crippen LogP contribution is 2.20. The topological polar surface area (TPSA) is 64.3 Å². The molecule has 0 aliphatic heterocycles. The molecule has 0 fully saturated rings. The highest BCUT2D eigenvalue weighted by molar-refractivity contribution is 5.83. The molecule has 1 atom stereocenters. The van der Waals surface area contributed by atoms with Gasteiger partial charge in [0.2, 0.25) is 0 Å². The number of ether oxygens (including phenoxy) is 1. The van der Waals surface area contributed by atoms with Gasteiger partial charge in [-0.25, -0.2) is 4.79 Å². The fraction of sp³-hybridized carbons (Fsp3) is 0.150. The molecule has 0 spiro atoms. The third kappa shape index (κ3) is 3.91. The van der Waals surface area contributed by atoms with Gasteiger partial charge in [-0.15, -0.1) is 0 Å². The van der Waals surface area contributed by atoms with Crippen LogP contribution in [0.15, 0.2) is 72.8 Å². The number of hydrogen-bond donors (Lipinski definition) is 2. The van der Waals surface area contributed by atoms with Crippen LogP contribution in [0.3, 0.4) is 0 Å². The van der Waals surface area contributed by atoms with E-state index in [4.69, 9.17) is 10.5 Å². The Labute approximate surface area is 141 Å². The molecule has 1 unspecified atom stereocenters. The van der Waals surface area contributed by atoms with Crippen LogP contribution in [0.25, 0.3) is 10.8 Å². The van der Waals surface area contributed by atoms with Gasteiger partial charge in [-0.1, -0.05) is 66.7 Å². The van der Waals surface area contributed by atoms with Crippen molar-refractivity contribution in [2.45, 2.75) is 12.6 Å². The highest BCUT2D eigenvalue weighted by Gasteiger charge is 2.14. The number of nitrogens with one attached hydrogen (secondary N) is 1. The maximum atomic E-state index is 12.0. The van der Waals surface area contributed by atoms with Crippen molar-refractivity contribution in [3.8, 4) is 0 Å². The minimum atomic E-state index is -0.470. The average molecular weight is 320 g/mol. The summed E-state index contributed by atoms with van der Waals surface area (Å²) in [7, 11) is 0. The van der Waals surface area contributed by atoms with Gasteiger partial charge in [-0.05, 0) is 28.0 Å². The molecule has 3 aromatic carbocycles. The first-order valence-corrected chi connectivity index (χ1v) is 7.92. The van der Waals surface area contributed by atoms with Crippen LogP contribution in [0.4, 0.5) is 4.79 Å². The summed E-state index contributed by atoms with van der Waals surface area (Å²) in [4.78, 5) is 12.0. The normalized spacial score (nSPS) is 11.9. The molecule has 0 aliphatic carbocycles. The maximum absolute atomic E-state index is 12.0. The van der Waals surface area contributed by atoms with E-state index < -0.39 is 6.09 Å². The summed E-state index contributed by atoms with van der Waals surface area (Å²) in [6, 6.07) is 23.4. The number of fused-ring (bicyclic) bond motifs is 1. The molecule has 1 amide bonds. The van der Waals surface area contributed by atoms with Crippen LogP contribution < -0.4 is 11.1 Å². The van der Waals surface area contributed by atoms with E-state index in [1.54, 1.807) is 0 Å². The van der Waals surface area contributed by atoms with Crippen molar-refractivity contribution >= 4 is 16.9 Å². The van der Waals surface area contributed by atoms with E-state index in [0.29, 0.717) is 6.54 Å². The highest BCUT2D eigenvalue weighted by atomic mass is 16.5. The minimum Gasteiger partial charge on any atom is -0.445 e. The van der Waals surface area contributed by atoms with Crippen LogP contribution in [-0.4, -0.2) is 12.6 Å². The Kier molecular flexibility index (Phi) is 5.08. The van der Waals surface area contributed by atoms with Gasteiger partial charge in [-0.3, -0.25) is 0 Å². The van der Waals surface area contributed by atoms with E-state index in [1.807, 2.05) is 66.7 Å². The SMILES string of the molecule is NCC(NC(=O)OCc1ccccc1)c1ccc2ccccc2c1. The van der Waals surface area contributed by atoms with Crippen LogP contribution >= 0.6 is 0 Å². The fourth-order valence-corrected chi connectivity index (χ4v) is 2.61. The average Bonchev–Trinajstić information content (AvgIpc) is 2.65. The first kappa shape index (κ1) is 16.0. The molecule has 0 aromatic heterocycles. The number of carbonyl (C=O) groups excluding carboxylic acids is 1. The van der Waals surface area contributed by atoms with E-state index >= 15 is 0 Å². The molecule has 0 saturated heterocycles. The number of benzene rings is 3. The number of nitrogens with two attached hydrogens (primary N) is 1. The Morgan fingerprint density at radius 3 is 2.42 bits per heavy atom. The molecule has 0 heterocycles. The number of carbonyl (C=O) groups is 1.